The molecular formula is C21H22FN3O3S. The Labute approximate surface area is 169 Å². The predicted octanol–water partition coefficient (Wildman–Crippen LogP) is 3.73. The van der Waals surface area contributed by atoms with Crippen LogP contribution in [0.15, 0.2) is 36.5 Å². The van der Waals surface area contributed by atoms with Crippen molar-refractivity contribution in [2.24, 2.45) is 0 Å². The van der Waals surface area contributed by atoms with Gasteiger partial charge in [0, 0.05) is 41.5 Å². The van der Waals surface area contributed by atoms with Crippen LogP contribution in [-0.2, 0) is 10.0 Å². The highest BCUT2D eigenvalue weighted by atomic mass is 32.2. The van der Waals surface area contributed by atoms with Gasteiger partial charge in [0.25, 0.3) is 0 Å². The van der Waals surface area contributed by atoms with Gasteiger partial charge in [-0.15, -0.1) is 0 Å². The van der Waals surface area contributed by atoms with Crippen LogP contribution in [0.1, 0.15) is 17.7 Å². The smallest absolute Gasteiger partial charge is 0.211 e. The molecule has 3 heterocycles. The molecule has 0 atom stereocenters. The van der Waals surface area contributed by atoms with Crippen molar-refractivity contribution in [1.29, 1.82) is 0 Å². The molecule has 6 nitrogen and oxygen atoms in total. The number of H-pyrrole nitrogens is 1. The van der Waals surface area contributed by atoms with E-state index in [0.29, 0.717) is 36.5 Å². The summed E-state index contributed by atoms with van der Waals surface area (Å²) in [5.74, 6) is 0.252. The summed E-state index contributed by atoms with van der Waals surface area (Å²) in [4.78, 5) is 7.82. The number of nitrogens with one attached hydrogen (secondary N) is 1. The Morgan fingerprint density at radius 2 is 2.07 bits per heavy atom. The van der Waals surface area contributed by atoms with E-state index in [4.69, 9.17) is 4.74 Å². The molecule has 8 heteroatoms. The lowest BCUT2D eigenvalue weighted by atomic mass is 9.97. The van der Waals surface area contributed by atoms with Crippen LogP contribution in [0.4, 0.5) is 4.39 Å². The maximum absolute atomic E-state index is 14.0. The zero-order valence-corrected chi connectivity index (χ0v) is 17.3. The number of methoxy groups -OCH3 is 1. The van der Waals surface area contributed by atoms with Crippen molar-refractivity contribution < 1.29 is 17.5 Å². The van der Waals surface area contributed by atoms with Crippen molar-refractivity contribution in [2.75, 3.05) is 26.5 Å². The van der Waals surface area contributed by atoms with Crippen molar-refractivity contribution in [1.82, 2.24) is 14.3 Å². The first-order chi connectivity index (χ1) is 13.8. The van der Waals surface area contributed by atoms with E-state index in [2.05, 4.69) is 9.97 Å². The molecule has 152 valence electrons. The van der Waals surface area contributed by atoms with Gasteiger partial charge in [0.15, 0.2) is 0 Å². The number of pyridine rings is 1. The minimum Gasteiger partial charge on any atom is -0.496 e. The maximum Gasteiger partial charge on any atom is 0.211 e. The molecule has 0 saturated carbocycles. The molecule has 0 bridgehead atoms. The second-order valence-corrected chi connectivity index (χ2v) is 9.19. The SMILES string of the molecule is COc1ccc(F)cc1-c1c(C)cnc2[nH]c(C3=CCN(S(C)(=O)=O)CC3)cc12. The molecule has 0 saturated heterocycles. The van der Waals surface area contributed by atoms with Crippen LogP contribution in [0, 0.1) is 12.7 Å². The Morgan fingerprint density at radius 3 is 2.72 bits per heavy atom. The molecular weight excluding hydrogens is 393 g/mol. The Hall–Kier alpha value is -2.71. The fraction of sp³-hybridized carbons (Fsp3) is 0.286. The van der Waals surface area contributed by atoms with Crippen LogP contribution in [0.5, 0.6) is 5.75 Å². The third-order valence-corrected chi connectivity index (χ3v) is 6.54. The highest BCUT2D eigenvalue weighted by Crippen LogP contribution is 2.38. The van der Waals surface area contributed by atoms with E-state index < -0.39 is 10.0 Å². The van der Waals surface area contributed by atoms with Crippen molar-refractivity contribution in [3.8, 4) is 16.9 Å². The number of nitrogens with zero attached hydrogens (tertiary/aromatic N) is 2. The monoisotopic (exact) mass is 415 g/mol. The molecule has 0 spiro atoms. The first-order valence-electron chi connectivity index (χ1n) is 9.24. The molecule has 4 rings (SSSR count). The van der Waals surface area contributed by atoms with Crippen molar-refractivity contribution >= 4 is 26.6 Å². The van der Waals surface area contributed by atoms with Crippen LogP contribution < -0.4 is 4.74 Å². The van der Waals surface area contributed by atoms with Gasteiger partial charge in [-0.05, 0) is 48.7 Å². The number of aromatic nitrogens is 2. The van der Waals surface area contributed by atoms with Gasteiger partial charge >= 0.3 is 0 Å². The average molecular weight is 415 g/mol. The average Bonchev–Trinajstić information content (AvgIpc) is 3.11. The lowest BCUT2D eigenvalue weighted by Crippen LogP contribution is -2.33. The summed E-state index contributed by atoms with van der Waals surface area (Å²) in [5.41, 5.74) is 5.07. The second-order valence-electron chi connectivity index (χ2n) is 7.21. The van der Waals surface area contributed by atoms with Crippen LogP contribution in [0.2, 0.25) is 0 Å². The maximum atomic E-state index is 14.0. The minimum atomic E-state index is -3.20. The Kier molecular flexibility index (Phi) is 4.92. The molecule has 0 amide bonds. The Morgan fingerprint density at radius 1 is 1.28 bits per heavy atom. The Bertz CT molecular complexity index is 1230. The number of sulfonamides is 1. The number of ether oxygens (including phenoxy) is 1. The van der Waals surface area contributed by atoms with E-state index in [1.165, 1.54) is 22.7 Å². The molecule has 0 radical (unpaired) electrons. The molecule has 0 aliphatic carbocycles. The summed E-state index contributed by atoms with van der Waals surface area (Å²) in [6, 6.07) is 6.46. The zero-order valence-electron chi connectivity index (χ0n) is 16.5. The molecule has 1 N–H and O–H groups in total. The fourth-order valence-corrected chi connectivity index (χ4v) is 4.55. The lowest BCUT2D eigenvalue weighted by Gasteiger charge is -2.23. The number of hydrogen-bond donors (Lipinski definition) is 1. The van der Waals surface area contributed by atoms with Gasteiger partial charge in [0.1, 0.15) is 17.2 Å². The van der Waals surface area contributed by atoms with Gasteiger partial charge in [-0.3, -0.25) is 0 Å². The molecule has 0 fully saturated rings. The molecule has 3 aromatic rings. The molecule has 2 aromatic heterocycles. The van der Waals surface area contributed by atoms with Gasteiger partial charge in [0.05, 0.1) is 13.4 Å². The second kappa shape index (κ2) is 7.27. The van der Waals surface area contributed by atoms with Gasteiger partial charge in [-0.1, -0.05) is 6.08 Å². The first-order valence-corrected chi connectivity index (χ1v) is 11.1. The number of aromatic amines is 1. The van der Waals surface area contributed by atoms with E-state index in [9.17, 15) is 12.8 Å². The molecule has 0 unspecified atom stereocenters. The lowest BCUT2D eigenvalue weighted by molar-refractivity contribution is 0.415. The van der Waals surface area contributed by atoms with Crippen LogP contribution in [-0.4, -0.2) is 49.1 Å². The Balaban J connectivity index is 1.82. The van der Waals surface area contributed by atoms with Gasteiger partial charge < -0.3 is 9.72 Å². The van der Waals surface area contributed by atoms with Crippen molar-refractivity contribution in [3.05, 3.63) is 53.6 Å². The summed E-state index contributed by atoms with van der Waals surface area (Å²) >= 11 is 0. The van der Waals surface area contributed by atoms with Crippen LogP contribution >= 0.6 is 0 Å². The third-order valence-electron chi connectivity index (χ3n) is 5.27. The van der Waals surface area contributed by atoms with E-state index in [-0.39, 0.29) is 5.82 Å². The number of benzene rings is 1. The summed E-state index contributed by atoms with van der Waals surface area (Å²) < 4.78 is 44.4. The summed E-state index contributed by atoms with van der Waals surface area (Å²) in [7, 11) is -1.64. The number of rotatable bonds is 4. The zero-order chi connectivity index (χ0) is 20.8. The number of halogens is 1. The number of aryl methyl sites for hydroxylation is 1. The van der Waals surface area contributed by atoms with Gasteiger partial charge in [-0.2, -0.15) is 4.31 Å². The molecule has 1 aliphatic heterocycles. The third kappa shape index (κ3) is 3.65. The van der Waals surface area contributed by atoms with Crippen molar-refractivity contribution in [2.45, 2.75) is 13.3 Å². The van der Waals surface area contributed by atoms with E-state index >= 15 is 0 Å². The number of fused-ring (bicyclic) bond motifs is 1. The molecule has 1 aromatic carbocycles. The summed E-state index contributed by atoms with van der Waals surface area (Å²) in [6.07, 6.45) is 5.51. The minimum absolute atomic E-state index is 0.336. The topological polar surface area (TPSA) is 75.3 Å². The molecule has 1 aliphatic rings. The van der Waals surface area contributed by atoms with Crippen LogP contribution in [0.25, 0.3) is 27.7 Å². The molecule has 29 heavy (non-hydrogen) atoms. The normalized spacial score (nSPS) is 15.5. The van der Waals surface area contributed by atoms with E-state index in [1.807, 2.05) is 19.1 Å². The largest absolute Gasteiger partial charge is 0.496 e. The van der Waals surface area contributed by atoms with Crippen LogP contribution in [0.3, 0.4) is 0 Å². The van der Waals surface area contributed by atoms with Gasteiger partial charge in [-0.25, -0.2) is 17.8 Å². The standard InChI is InChI=1S/C21H22FN3O3S/c1-13-12-23-21-17(20(13)16-10-15(22)4-5-19(16)28-2)11-18(24-21)14-6-8-25(9-7-14)29(3,26)27/h4-6,10-12H,7-9H2,1-3H3,(H,23,24). The quantitative estimate of drug-likeness (QED) is 0.705. The van der Waals surface area contributed by atoms with Gasteiger partial charge in [0.2, 0.25) is 10.0 Å². The predicted molar refractivity (Wildman–Crippen MR) is 112 cm³/mol. The highest BCUT2D eigenvalue weighted by molar-refractivity contribution is 7.88. The highest BCUT2D eigenvalue weighted by Gasteiger charge is 2.22. The van der Waals surface area contributed by atoms with E-state index in [1.54, 1.807) is 19.4 Å². The summed E-state index contributed by atoms with van der Waals surface area (Å²) in [5, 5.41) is 0.871. The number of hydrogen-bond acceptors (Lipinski definition) is 4. The first kappa shape index (κ1) is 19.6. The summed E-state index contributed by atoms with van der Waals surface area (Å²) in [6.45, 7) is 2.72. The fourth-order valence-electron chi connectivity index (χ4n) is 3.78. The van der Waals surface area contributed by atoms with Crippen molar-refractivity contribution in [3.63, 3.8) is 0 Å². The van der Waals surface area contributed by atoms with E-state index in [0.717, 1.165) is 27.8 Å².